The first kappa shape index (κ1) is 20.0. The van der Waals surface area contributed by atoms with Gasteiger partial charge in [-0.2, -0.15) is 0 Å². The maximum absolute atomic E-state index is 13.3. The molecule has 1 saturated carbocycles. The van der Waals surface area contributed by atoms with Crippen LogP contribution in [0.25, 0.3) is 0 Å². The van der Waals surface area contributed by atoms with Gasteiger partial charge in [0.2, 0.25) is 5.91 Å². The number of benzene rings is 1. The van der Waals surface area contributed by atoms with E-state index in [1.807, 2.05) is 30.3 Å². The van der Waals surface area contributed by atoms with E-state index >= 15 is 0 Å². The van der Waals surface area contributed by atoms with E-state index in [2.05, 4.69) is 25.7 Å². The summed E-state index contributed by atoms with van der Waals surface area (Å²) in [4.78, 5) is 15.9. The lowest BCUT2D eigenvalue weighted by Gasteiger charge is -2.48. The lowest BCUT2D eigenvalue weighted by Crippen LogP contribution is -2.58. The van der Waals surface area contributed by atoms with Crippen molar-refractivity contribution in [2.75, 3.05) is 19.6 Å². The predicted molar refractivity (Wildman–Crippen MR) is 111 cm³/mol. The Balaban J connectivity index is 1.47. The zero-order valence-corrected chi connectivity index (χ0v) is 17.2. The second-order valence-corrected chi connectivity index (χ2v) is 8.55. The Morgan fingerprint density at radius 3 is 2.45 bits per heavy atom. The standard InChI is InChI=1S/C22H32N6O/c29-21(20(28-18-24-25-26-28)16-19-10-4-1-5-11-19)23-17-22(12-6-2-7-13-22)27-14-8-3-9-15-27/h1,4-5,10-11,18,20H,2-3,6-9,12-17H2,(H,23,29). The molecule has 2 heterocycles. The number of nitrogens with zero attached hydrogens (tertiary/aromatic N) is 5. The summed E-state index contributed by atoms with van der Waals surface area (Å²) in [6.07, 6.45) is 12.2. The maximum atomic E-state index is 13.3. The van der Waals surface area contributed by atoms with Gasteiger partial charge in [0.25, 0.3) is 0 Å². The second-order valence-electron chi connectivity index (χ2n) is 8.55. The number of hydrogen-bond acceptors (Lipinski definition) is 5. The fourth-order valence-corrected chi connectivity index (χ4v) is 5.01. The van der Waals surface area contributed by atoms with Gasteiger partial charge in [-0.1, -0.05) is 56.0 Å². The summed E-state index contributed by atoms with van der Waals surface area (Å²) in [6.45, 7) is 3.05. The van der Waals surface area contributed by atoms with Crippen molar-refractivity contribution in [2.24, 2.45) is 0 Å². The molecule has 0 radical (unpaired) electrons. The van der Waals surface area contributed by atoms with Crippen molar-refractivity contribution in [2.45, 2.75) is 69.4 Å². The molecule has 4 rings (SSSR count). The molecule has 1 saturated heterocycles. The molecule has 1 aliphatic heterocycles. The molecule has 1 aromatic carbocycles. The summed E-state index contributed by atoms with van der Waals surface area (Å²) in [7, 11) is 0. The number of carbonyl (C=O) groups is 1. The predicted octanol–water partition coefficient (Wildman–Crippen LogP) is 2.76. The molecule has 1 aromatic heterocycles. The van der Waals surface area contributed by atoms with E-state index in [-0.39, 0.29) is 11.4 Å². The van der Waals surface area contributed by atoms with Crippen LogP contribution in [-0.2, 0) is 11.2 Å². The first-order valence-corrected chi connectivity index (χ1v) is 11.1. The van der Waals surface area contributed by atoms with Gasteiger partial charge in [-0.05, 0) is 54.8 Å². The molecule has 1 aliphatic carbocycles. The molecule has 7 nitrogen and oxygen atoms in total. The van der Waals surface area contributed by atoms with Gasteiger partial charge in [-0.15, -0.1) is 5.10 Å². The Morgan fingerprint density at radius 2 is 1.76 bits per heavy atom. The molecule has 2 aromatic rings. The van der Waals surface area contributed by atoms with Crippen LogP contribution in [0.3, 0.4) is 0 Å². The van der Waals surface area contributed by atoms with Gasteiger partial charge in [-0.3, -0.25) is 9.69 Å². The molecule has 1 unspecified atom stereocenters. The highest BCUT2D eigenvalue weighted by Gasteiger charge is 2.39. The Bertz CT molecular complexity index is 751. The van der Waals surface area contributed by atoms with E-state index < -0.39 is 6.04 Å². The Labute approximate surface area is 172 Å². The molecular formula is C22H32N6O. The summed E-state index contributed by atoms with van der Waals surface area (Å²) in [5.41, 5.74) is 1.22. The monoisotopic (exact) mass is 396 g/mol. The molecule has 1 amide bonds. The van der Waals surface area contributed by atoms with Crippen LogP contribution in [0.15, 0.2) is 36.7 Å². The maximum Gasteiger partial charge on any atom is 0.245 e. The molecule has 2 fully saturated rings. The SMILES string of the molecule is O=C(NCC1(N2CCCCC2)CCCCC1)C(Cc1ccccc1)n1cnnn1. The average Bonchev–Trinajstić information content (AvgIpc) is 3.32. The largest absolute Gasteiger partial charge is 0.352 e. The zero-order valence-electron chi connectivity index (χ0n) is 17.2. The summed E-state index contributed by atoms with van der Waals surface area (Å²) >= 11 is 0. The molecule has 1 atom stereocenters. The molecular weight excluding hydrogens is 364 g/mol. The summed E-state index contributed by atoms with van der Waals surface area (Å²) in [6, 6.07) is 9.63. The Hall–Kier alpha value is -2.28. The van der Waals surface area contributed by atoms with Crippen molar-refractivity contribution < 1.29 is 4.79 Å². The Kier molecular flexibility index (Phi) is 6.54. The van der Waals surface area contributed by atoms with Crippen molar-refractivity contribution >= 4 is 5.91 Å². The van der Waals surface area contributed by atoms with Crippen LogP contribution in [-0.4, -0.2) is 56.2 Å². The van der Waals surface area contributed by atoms with Crippen molar-refractivity contribution in [1.29, 1.82) is 0 Å². The third-order valence-electron chi connectivity index (χ3n) is 6.66. The van der Waals surface area contributed by atoms with E-state index in [9.17, 15) is 4.79 Å². The van der Waals surface area contributed by atoms with Crippen molar-refractivity contribution in [3.05, 3.63) is 42.2 Å². The number of nitrogens with one attached hydrogen (secondary N) is 1. The van der Waals surface area contributed by atoms with E-state index in [0.717, 1.165) is 25.2 Å². The minimum Gasteiger partial charge on any atom is -0.352 e. The van der Waals surface area contributed by atoms with E-state index in [1.54, 1.807) is 4.68 Å². The summed E-state index contributed by atoms with van der Waals surface area (Å²) in [5, 5.41) is 14.8. The minimum atomic E-state index is -0.436. The van der Waals surface area contributed by atoms with Gasteiger partial charge in [0.1, 0.15) is 12.4 Å². The van der Waals surface area contributed by atoms with E-state index in [1.165, 1.54) is 57.7 Å². The number of piperidine rings is 1. The lowest BCUT2D eigenvalue weighted by molar-refractivity contribution is -0.125. The Morgan fingerprint density at radius 1 is 1.03 bits per heavy atom. The van der Waals surface area contributed by atoms with Gasteiger partial charge in [0.15, 0.2) is 0 Å². The number of tetrazole rings is 1. The molecule has 0 spiro atoms. The van der Waals surface area contributed by atoms with Gasteiger partial charge in [0, 0.05) is 18.5 Å². The highest BCUT2D eigenvalue weighted by Crippen LogP contribution is 2.35. The number of rotatable bonds is 7. The first-order chi connectivity index (χ1) is 14.3. The van der Waals surface area contributed by atoms with Gasteiger partial charge in [-0.25, -0.2) is 4.68 Å². The number of carbonyl (C=O) groups excluding carboxylic acids is 1. The molecule has 29 heavy (non-hydrogen) atoms. The van der Waals surface area contributed by atoms with Crippen LogP contribution in [0.2, 0.25) is 0 Å². The zero-order chi connectivity index (χ0) is 19.9. The van der Waals surface area contributed by atoms with Crippen molar-refractivity contribution in [3.8, 4) is 0 Å². The van der Waals surface area contributed by atoms with Crippen molar-refractivity contribution in [1.82, 2.24) is 30.4 Å². The second kappa shape index (κ2) is 9.48. The number of amides is 1. The molecule has 0 bridgehead atoms. The fraction of sp³-hybridized carbons (Fsp3) is 0.636. The quantitative estimate of drug-likeness (QED) is 0.779. The van der Waals surface area contributed by atoms with Crippen LogP contribution >= 0.6 is 0 Å². The number of hydrogen-bond donors (Lipinski definition) is 1. The summed E-state index contributed by atoms with van der Waals surface area (Å²) in [5.74, 6) is 0.00288. The lowest BCUT2D eigenvalue weighted by atomic mass is 9.79. The molecule has 1 N–H and O–H groups in total. The third kappa shape index (κ3) is 4.83. The van der Waals surface area contributed by atoms with Crippen LogP contribution in [0, 0.1) is 0 Å². The highest BCUT2D eigenvalue weighted by atomic mass is 16.2. The van der Waals surface area contributed by atoms with Crippen LogP contribution in [0.5, 0.6) is 0 Å². The molecule has 156 valence electrons. The van der Waals surface area contributed by atoms with Gasteiger partial charge < -0.3 is 5.32 Å². The van der Waals surface area contributed by atoms with Crippen LogP contribution < -0.4 is 5.32 Å². The van der Waals surface area contributed by atoms with E-state index in [4.69, 9.17) is 0 Å². The topological polar surface area (TPSA) is 75.9 Å². The smallest absolute Gasteiger partial charge is 0.245 e. The minimum absolute atomic E-state index is 0.00288. The normalized spacial score (nSPS) is 20.8. The molecule has 2 aliphatic rings. The highest BCUT2D eigenvalue weighted by molar-refractivity contribution is 5.80. The van der Waals surface area contributed by atoms with E-state index in [0.29, 0.717) is 6.42 Å². The molecule has 7 heteroatoms. The average molecular weight is 397 g/mol. The van der Waals surface area contributed by atoms with Gasteiger partial charge >= 0.3 is 0 Å². The van der Waals surface area contributed by atoms with Gasteiger partial charge in [0.05, 0.1) is 0 Å². The number of aromatic nitrogens is 4. The van der Waals surface area contributed by atoms with Crippen LogP contribution in [0.1, 0.15) is 63.0 Å². The van der Waals surface area contributed by atoms with Crippen molar-refractivity contribution in [3.63, 3.8) is 0 Å². The fourth-order valence-electron chi connectivity index (χ4n) is 5.01. The van der Waals surface area contributed by atoms with Crippen LogP contribution in [0.4, 0.5) is 0 Å². The summed E-state index contributed by atoms with van der Waals surface area (Å²) < 4.78 is 1.58. The number of likely N-dealkylation sites (tertiary alicyclic amines) is 1. The first-order valence-electron chi connectivity index (χ1n) is 11.1. The third-order valence-corrected chi connectivity index (χ3v) is 6.66.